The van der Waals surface area contributed by atoms with Gasteiger partial charge >= 0.3 is 0 Å². The van der Waals surface area contributed by atoms with Crippen LogP contribution in [0.1, 0.15) is 33.8 Å². The maximum absolute atomic E-state index is 14.0. The van der Waals surface area contributed by atoms with E-state index in [0.717, 1.165) is 22.8 Å². The summed E-state index contributed by atoms with van der Waals surface area (Å²) in [5.41, 5.74) is 6.66. The first-order valence-corrected chi connectivity index (χ1v) is 11.2. The number of anilines is 2. The van der Waals surface area contributed by atoms with Crippen LogP contribution in [0.25, 0.3) is 0 Å². The van der Waals surface area contributed by atoms with Gasteiger partial charge in [-0.25, -0.2) is 4.39 Å². The first kappa shape index (κ1) is 22.7. The topological polar surface area (TPSA) is 59.7 Å². The molecule has 0 atom stereocenters. The van der Waals surface area contributed by atoms with Crippen molar-refractivity contribution >= 4 is 28.8 Å². The summed E-state index contributed by atoms with van der Waals surface area (Å²) in [6.45, 7) is 9.02. The van der Waals surface area contributed by atoms with Gasteiger partial charge in [0.25, 0.3) is 0 Å². The van der Waals surface area contributed by atoms with Crippen LogP contribution in [0.5, 0.6) is 0 Å². The summed E-state index contributed by atoms with van der Waals surface area (Å²) in [7, 11) is 0. The number of hydrogen-bond donors (Lipinski definition) is 2. The predicted octanol–water partition coefficient (Wildman–Crippen LogP) is 5.36. The molecule has 0 fully saturated rings. The van der Waals surface area contributed by atoms with Crippen LogP contribution in [0.2, 0.25) is 0 Å². The number of rotatable bonds is 6. The Bertz CT molecular complexity index is 1290. The summed E-state index contributed by atoms with van der Waals surface area (Å²) in [5, 5.41) is 16.0. The maximum Gasteiger partial charge on any atom is 0.176 e. The highest BCUT2D eigenvalue weighted by molar-refractivity contribution is 7.80. The number of hydrogen-bond acceptors (Lipinski definition) is 3. The lowest BCUT2D eigenvalue weighted by atomic mass is 10.1. The first-order chi connectivity index (χ1) is 15.8. The zero-order valence-corrected chi connectivity index (χ0v) is 20.0. The lowest BCUT2D eigenvalue weighted by Gasteiger charge is -2.10. The third-order valence-electron chi connectivity index (χ3n) is 5.57. The minimum absolute atomic E-state index is 0.243. The monoisotopic (exact) mass is 462 g/mol. The number of nitrogens with zero attached hydrogens (tertiary/aromatic N) is 4. The minimum Gasteiger partial charge on any atom is -0.329 e. The fourth-order valence-electron chi connectivity index (χ4n) is 3.68. The molecule has 0 aliphatic heterocycles. The van der Waals surface area contributed by atoms with Crippen molar-refractivity contribution in [2.24, 2.45) is 0 Å². The van der Waals surface area contributed by atoms with E-state index in [0.29, 0.717) is 29.6 Å². The lowest BCUT2D eigenvalue weighted by Crippen LogP contribution is -2.20. The van der Waals surface area contributed by atoms with Crippen molar-refractivity contribution in [3.63, 3.8) is 0 Å². The maximum atomic E-state index is 14.0. The normalized spacial score (nSPS) is 10.9. The zero-order chi connectivity index (χ0) is 23.5. The molecule has 2 aromatic heterocycles. The Labute approximate surface area is 198 Å². The molecular weight excluding hydrogens is 435 g/mol. The van der Waals surface area contributed by atoms with Crippen molar-refractivity contribution in [1.82, 2.24) is 19.6 Å². The number of aromatic nitrogens is 4. The van der Waals surface area contributed by atoms with E-state index >= 15 is 0 Å². The standard InChI is InChI=1S/C25H27FN6S/c1-16-9-11-20(12-10-16)14-32-19(4)24(18(3)29-32)28-25(33)27-23-13-17(2)31(30-23)15-21-7-5-6-8-22(21)26/h5-13H,14-15H2,1-4H3,(H2,27,28,30,33). The molecule has 4 aromatic rings. The highest BCUT2D eigenvalue weighted by Crippen LogP contribution is 2.21. The molecule has 2 aromatic carbocycles. The summed E-state index contributed by atoms with van der Waals surface area (Å²) in [4.78, 5) is 0. The van der Waals surface area contributed by atoms with Crippen molar-refractivity contribution in [3.8, 4) is 0 Å². The van der Waals surface area contributed by atoms with Gasteiger partial charge in [0.15, 0.2) is 10.9 Å². The SMILES string of the molecule is Cc1ccc(Cn2nc(C)c(NC(=S)Nc3cc(C)n(Cc4ccccc4F)n3)c2C)cc1. The Morgan fingerprint density at radius 2 is 1.64 bits per heavy atom. The quantitative estimate of drug-likeness (QED) is 0.378. The van der Waals surface area contributed by atoms with Crippen molar-refractivity contribution in [3.05, 3.63) is 94.2 Å². The second-order valence-electron chi connectivity index (χ2n) is 8.19. The fourth-order valence-corrected chi connectivity index (χ4v) is 3.89. The molecule has 0 unspecified atom stereocenters. The lowest BCUT2D eigenvalue weighted by molar-refractivity contribution is 0.581. The molecule has 0 radical (unpaired) electrons. The average Bonchev–Trinajstić information content (AvgIpc) is 3.24. The molecule has 33 heavy (non-hydrogen) atoms. The average molecular weight is 463 g/mol. The Morgan fingerprint density at radius 1 is 0.909 bits per heavy atom. The second-order valence-corrected chi connectivity index (χ2v) is 8.60. The molecule has 8 heteroatoms. The first-order valence-electron chi connectivity index (χ1n) is 10.8. The van der Waals surface area contributed by atoms with Gasteiger partial charge in [0.05, 0.1) is 30.2 Å². The Balaban J connectivity index is 1.43. The van der Waals surface area contributed by atoms with E-state index in [1.54, 1.807) is 16.8 Å². The Morgan fingerprint density at radius 3 is 2.36 bits per heavy atom. The zero-order valence-electron chi connectivity index (χ0n) is 19.2. The van der Waals surface area contributed by atoms with E-state index in [1.165, 1.54) is 17.2 Å². The van der Waals surface area contributed by atoms with Gasteiger partial charge in [0, 0.05) is 17.3 Å². The summed E-state index contributed by atoms with van der Waals surface area (Å²) >= 11 is 5.53. The number of halogens is 1. The number of nitrogens with one attached hydrogen (secondary N) is 2. The Hall–Kier alpha value is -3.52. The van der Waals surface area contributed by atoms with Crippen LogP contribution in [0.15, 0.2) is 54.6 Å². The second kappa shape index (κ2) is 9.54. The molecule has 0 spiro atoms. The highest BCUT2D eigenvalue weighted by atomic mass is 32.1. The van der Waals surface area contributed by atoms with Crippen LogP contribution in [-0.4, -0.2) is 24.7 Å². The summed E-state index contributed by atoms with van der Waals surface area (Å²) in [6, 6.07) is 17.0. The summed E-state index contributed by atoms with van der Waals surface area (Å²) < 4.78 is 17.7. The molecule has 2 N–H and O–H groups in total. The van der Waals surface area contributed by atoms with Crippen LogP contribution in [0.4, 0.5) is 15.9 Å². The van der Waals surface area contributed by atoms with E-state index in [4.69, 9.17) is 12.2 Å². The molecule has 4 rings (SSSR count). The molecule has 2 heterocycles. The molecule has 0 amide bonds. The Kier molecular flexibility index (Phi) is 6.55. The van der Waals surface area contributed by atoms with Crippen LogP contribution in [0.3, 0.4) is 0 Å². The van der Waals surface area contributed by atoms with E-state index in [1.807, 2.05) is 37.6 Å². The molecule has 0 aliphatic rings. The third kappa shape index (κ3) is 5.28. The van der Waals surface area contributed by atoms with Gasteiger partial charge in [-0.15, -0.1) is 0 Å². The van der Waals surface area contributed by atoms with Crippen molar-refractivity contribution < 1.29 is 4.39 Å². The van der Waals surface area contributed by atoms with E-state index in [9.17, 15) is 4.39 Å². The van der Waals surface area contributed by atoms with Crippen molar-refractivity contribution in [1.29, 1.82) is 0 Å². The van der Waals surface area contributed by atoms with Gasteiger partial charge < -0.3 is 10.6 Å². The third-order valence-corrected chi connectivity index (χ3v) is 5.78. The van der Waals surface area contributed by atoms with Gasteiger partial charge in [-0.2, -0.15) is 10.2 Å². The van der Waals surface area contributed by atoms with Crippen LogP contribution in [-0.2, 0) is 13.1 Å². The largest absolute Gasteiger partial charge is 0.329 e. The molecule has 0 saturated carbocycles. The van der Waals surface area contributed by atoms with Gasteiger partial charge in [-0.1, -0.05) is 48.0 Å². The molecule has 0 aliphatic carbocycles. The fraction of sp³-hybridized carbons (Fsp3) is 0.240. The number of aryl methyl sites for hydroxylation is 3. The van der Waals surface area contributed by atoms with Crippen LogP contribution in [0, 0.1) is 33.5 Å². The smallest absolute Gasteiger partial charge is 0.176 e. The molecular formula is C25H27FN6S. The van der Waals surface area contributed by atoms with E-state index in [2.05, 4.69) is 52.0 Å². The summed E-state index contributed by atoms with van der Waals surface area (Å²) in [5.74, 6) is 0.358. The minimum atomic E-state index is -0.243. The van der Waals surface area contributed by atoms with E-state index in [-0.39, 0.29) is 5.82 Å². The predicted molar refractivity (Wildman–Crippen MR) is 134 cm³/mol. The highest BCUT2D eigenvalue weighted by Gasteiger charge is 2.14. The summed E-state index contributed by atoms with van der Waals surface area (Å²) in [6.07, 6.45) is 0. The van der Waals surface area contributed by atoms with Crippen molar-refractivity contribution in [2.45, 2.75) is 40.8 Å². The molecule has 0 saturated heterocycles. The van der Waals surface area contributed by atoms with Gasteiger partial charge in [0.1, 0.15) is 5.82 Å². The van der Waals surface area contributed by atoms with Gasteiger partial charge in [0.2, 0.25) is 0 Å². The van der Waals surface area contributed by atoms with Crippen LogP contribution >= 0.6 is 12.2 Å². The van der Waals surface area contributed by atoms with Crippen LogP contribution < -0.4 is 10.6 Å². The van der Waals surface area contributed by atoms with Gasteiger partial charge in [-0.05, 0) is 51.5 Å². The number of benzene rings is 2. The molecule has 170 valence electrons. The van der Waals surface area contributed by atoms with E-state index < -0.39 is 0 Å². The van der Waals surface area contributed by atoms with Gasteiger partial charge in [-0.3, -0.25) is 9.36 Å². The number of thiocarbonyl (C=S) groups is 1. The van der Waals surface area contributed by atoms with Crippen molar-refractivity contribution in [2.75, 3.05) is 10.6 Å². The molecule has 0 bridgehead atoms. The molecule has 6 nitrogen and oxygen atoms in total.